The van der Waals surface area contributed by atoms with Crippen molar-refractivity contribution in [1.29, 1.82) is 0 Å². The third-order valence-electron chi connectivity index (χ3n) is 5.21. The monoisotopic (exact) mass is 329 g/mol. The van der Waals surface area contributed by atoms with Gasteiger partial charge < -0.3 is 15.1 Å². The van der Waals surface area contributed by atoms with Crippen molar-refractivity contribution in [2.24, 2.45) is 5.92 Å². The molecule has 1 aliphatic heterocycles. The summed E-state index contributed by atoms with van der Waals surface area (Å²) in [5.41, 5.74) is 1.11. The van der Waals surface area contributed by atoms with Gasteiger partial charge in [-0.25, -0.2) is 0 Å². The molecule has 3 rings (SSSR count). The Hall–Kier alpha value is -1.88. The van der Waals surface area contributed by atoms with E-state index in [0.29, 0.717) is 25.6 Å². The molecule has 130 valence electrons. The topological polar surface area (TPSA) is 52.7 Å². The number of likely N-dealkylation sites (tertiary alicyclic amines) is 1. The summed E-state index contributed by atoms with van der Waals surface area (Å²) < 4.78 is 0. The second-order valence-corrected chi connectivity index (χ2v) is 7.04. The smallest absolute Gasteiger partial charge is 0.225 e. The van der Waals surface area contributed by atoms with Gasteiger partial charge in [0, 0.05) is 32.1 Å². The second kappa shape index (κ2) is 7.34. The molecule has 0 radical (unpaired) electrons. The van der Waals surface area contributed by atoms with Crippen molar-refractivity contribution in [2.45, 2.75) is 38.3 Å². The number of nitrogens with zero attached hydrogens (tertiary/aromatic N) is 2. The van der Waals surface area contributed by atoms with Gasteiger partial charge in [-0.05, 0) is 32.4 Å². The number of rotatable bonds is 7. The lowest BCUT2D eigenvalue weighted by Gasteiger charge is -2.25. The molecule has 24 heavy (non-hydrogen) atoms. The Morgan fingerprint density at radius 1 is 1.33 bits per heavy atom. The summed E-state index contributed by atoms with van der Waals surface area (Å²) in [6, 6.07) is 10.7. The predicted molar refractivity (Wildman–Crippen MR) is 93.3 cm³/mol. The van der Waals surface area contributed by atoms with E-state index >= 15 is 0 Å². The molecule has 1 N–H and O–H groups in total. The Labute approximate surface area is 144 Å². The third-order valence-corrected chi connectivity index (χ3v) is 5.21. The summed E-state index contributed by atoms with van der Waals surface area (Å²) in [6.07, 6.45) is 2.86. The van der Waals surface area contributed by atoms with E-state index < -0.39 is 0 Å². The maximum Gasteiger partial charge on any atom is 0.225 e. The lowest BCUT2D eigenvalue weighted by Crippen LogP contribution is -2.38. The van der Waals surface area contributed by atoms with E-state index in [-0.39, 0.29) is 23.8 Å². The number of carbonyl (C=O) groups excluding carboxylic acids is 2. The molecule has 1 saturated carbocycles. The average molecular weight is 329 g/mol. The molecule has 5 nitrogen and oxygen atoms in total. The minimum absolute atomic E-state index is 0.00955. The van der Waals surface area contributed by atoms with Crippen molar-refractivity contribution in [3.8, 4) is 0 Å². The van der Waals surface area contributed by atoms with Gasteiger partial charge in [-0.15, -0.1) is 0 Å². The maximum atomic E-state index is 12.4. The highest BCUT2D eigenvalue weighted by atomic mass is 16.2. The zero-order valence-corrected chi connectivity index (χ0v) is 14.6. The molecule has 1 heterocycles. The number of likely N-dealkylation sites (N-methyl/N-ethyl adjacent to an activating group) is 1. The van der Waals surface area contributed by atoms with Crippen LogP contribution in [0.3, 0.4) is 0 Å². The molecule has 1 aliphatic carbocycles. The molecule has 2 atom stereocenters. The van der Waals surface area contributed by atoms with Gasteiger partial charge in [0.2, 0.25) is 11.8 Å². The summed E-state index contributed by atoms with van der Waals surface area (Å²) >= 11 is 0. The van der Waals surface area contributed by atoms with Crippen LogP contribution in [0.15, 0.2) is 30.3 Å². The summed E-state index contributed by atoms with van der Waals surface area (Å²) in [6.45, 7) is 4.07. The molecule has 0 bridgehead atoms. The van der Waals surface area contributed by atoms with E-state index in [1.165, 1.54) is 12.8 Å². The molecular formula is C19H27N3O2. The first-order chi connectivity index (χ1) is 11.6. The van der Waals surface area contributed by atoms with Gasteiger partial charge in [0.05, 0.1) is 12.0 Å². The Balaban J connectivity index is 1.49. The molecule has 1 saturated heterocycles. The predicted octanol–water partition coefficient (Wildman–Crippen LogP) is 1.81. The van der Waals surface area contributed by atoms with Crippen LogP contribution in [0.1, 0.15) is 37.8 Å². The molecule has 2 aliphatic rings. The van der Waals surface area contributed by atoms with Gasteiger partial charge in [0.1, 0.15) is 0 Å². The van der Waals surface area contributed by atoms with Gasteiger partial charge in [-0.1, -0.05) is 30.3 Å². The minimum Gasteiger partial charge on any atom is -0.355 e. The van der Waals surface area contributed by atoms with Crippen LogP contribution in [-0.4, -0.2) is 54.3 Å². The van der Waals surface area contributed by atoms with Crippen molar-refractivity contribution in [3.63, 3.8) is 0 Å². The molecule has 2 unspecified atom stereocenters. The van der Waals surface area contributed by atoms with E-state index in [2.05, 4.69) is 17.3 Å². The first kappa shape index (κ1) is 17.0. The first-order valence-electron chi connectivity index (χ1n) is 8.88. The van der Waals surface area contributed by atoms with Crippen LogP contribution in [0.5, 0.6) is 0 Å². The van der Waals surface area contributed by atoms with Crippen LogP contribution < -0.4 is 5.32 Å². The normalized spacial score (nSPS) is 22.0. The molecule has 1 aromatic carbocycles. The Bertz CT molecular complexity index is 586. The number of hydrogen-bond acceptors (Lipinski definition) is 3. The van der Waals surface area contributed by atoms with Gasteiger partial charge in [-0.2, -0.15) is 0 Å². The fourth-order valence-corrected chi connectivity index (χ4v) is 3.39. The Morgan fingerprint density at radius 3 is 2.71 bits per heavy atom. The number of hydrogen-bond donors (Lipinski definition) is 1. The van der Waals surface area contributed by atoms with E-state index in [1.54, 1.807) is 0 Å². The number of benzene rings is 1. The third kappa shape index (κ3) is 3.96. The number of amides is 2. The summed E-state index contributed by atoms with van der Waals surface area (Å²) in [5.74, 6) is -0.146. The second-order valence-electron chi connectivity index (χ2n) is 7.04. The zero-order valence-electron chi connectivity index (χ0n) is 14.6. The molecule has 2 amide bonds. The quantitative estimate of drug-likeness (QED) is 0.830. The lowest BCUT2D eigenvalue weighted by molar-refractivity contribution is -0.130. The van der Waals surface area contributed by atoms with Gasteiger partial charge in [0.25, 0.3) is 0 Å². The SMILES string of the molecule is CC(c1ccccc1)N1CC(C(=O)NCCN(C)C2CC2)CC1=O. The van der Waals surface area contributed by atoms with Crippen molar-refractivity contribution < 1.29 is 9.59 Å². The van der Waals surface area contributed by atoms with Gasteiger partial charge >= 0.3 is 0 Å². The van der Waals surface area contributed by atoms with E-state index in [1.807, 2.05) is 42.2 Å². The largest absolute Gasteiger partial charge is 0.355 e. The highest BCUT2D eigenvalue weighted by Crippen LogP contribution is 2.28. The van der Waals surface area contributed by atoms with Crippen LogP contribution in [0.4, 0.5) is 0 Å². The van der Waals surface area contributed by atoms with Crippen molar-refractivity contribution >= 4 is 11.8 Å². The highest BCUT2D eigenvalue weighted by molar-refractivity contribution is 5.89. The highest BCUT2D eigenvalue weighted by Gasteiger charge is 2.36. The van der Waals surface area contributed by atoms with Crippen LogP contribution >= 0.6 is 0 Å². The minimum atomic E-state index is -0.227. The maximum absolute atomic E-state index is 12.4. The molecule has 2 fully saturated rings. The molecule has 1 aromatic rings. The van der Waals surface area contributed by atoms with E-state index in [4.69, 9.17) is 0 Å². The fourth-order valence-electron chi connectivity index (χ4n) is 3.39. The number of nitrogens with one attached hydrogen (secondary N) is 1. The molecule has 5 heteroatoms. The summed E-state index contributed by atoms with van der Waals surface area (Å²) in [4.78, 5) is 28.8. The standard InChI is InChI=1S/C19H27N3O2/c1-14(15-6-4-3-5-7-15)22-13-16(12-18(22)23)19(24)20-10-11-21(2)17-8-9-17/h3-7,14,16-17H,8-13H2,1-2H3,(H,20,24). The average Bonchev–Trinajstić information content (AvgIpc) is 3.37. The molecule has 0 aromatic heterocycles. The van der Waals surface area contributed by atoms with E-state index in [0.717, 1.165) is 12.1 Å². The first-order valence-corrected chi connectivity index (χ1v) is 8.88. The van der Waals surface area contributed by atoms with Crippen LogP contribution in [0, 0.1) is 5.92 Å². The Morgan fingerprint density at radius 2 is 2.04 bits per heavy atom. The lowest BCUT2D eigenvalue weighted by atomic mass is 10.1. The van der Waals surface area contributed by atoms with Crippen LogP contribution in [0.25, 0.3) is 0 Å². The zero-order chi connectivity index (χ0) is 17.1. The van der Waals surface area contributed by atoms with Crippen molar-refractivity contribution in [3.05, 3.63) is 35.9 Å². The van der Waals surface area contributed by atoms with Crippen LogP contribution in [0.2, 0.25) is 0 Å². The fraction of sp³-hybridized carbons (Fsp3) is 0.579. The van der Waals surface area contributed by atoms with Gasteiger partial charge in [0.15, 0.2) is 0 Å². The molecular weight excluding hydrogens is 302 g/mol. The van der Waals surface area contributed by atoms with Crippen molar-refractivity contribution in [2.75, 3.05) is 26.7 Å². The summed E-state index contributed by atoms with van der Waals surface area (Å²) in [5, 5.41) is 3.00. The molecule has 0 spiro atoms. The van der Waals surface area contributed by atoms with Crippen LogP contribution in [-0.2, 0) is 9.59 Å². The van der Waals surface area contributed by atoms with Crippen molar-refractivity contribution in [1.82, 2.24) is 15.1 Å². The number of carbonyl (C=O) groups is 2. The van der Waals surface area contributed by atoms with Gasteiger partial charge in [-0.3, -0.25) is 9.59 Å². The summed E-state index contributed by atoms with van der Waals surface area (Å²) in [7, 11) is 2.10. The van der Waals surface area contributed by atoms with E-state index in [9.17, 15) is 9.59 Å². The Kier molecular flexibility index (Phi) is 5.19.